The van der Waals surface area contributed by atoms with E-state index < -0.39 is 6.04 Å². The van der Waals surface area contributed by atoms with E-state index in [9.17, 15) is 4.79 Å². The van der Waals surface area contributed by atoms with E-state index in [2.05, 4.69) is 15.3 Å². The molecule has 3 N–H and O–H groups in total. The number of rotatable bonds is 3. The van der Waals surface area contributed by atoms with Crippen molar-refractivity contribution in [2.75, 3.05) is 26.2 Å². The Bertz CT molecular complexity index is 363. The van der Waals surface area contributed by atoms with Gasteiger partial charge in [0.05, 0.1) is 6.04 Å². The Morgan fingerprint density at radius 2 is 2.06 bits per heavy atom. The van der Waals surface area contributed by atoms with Crippen molar-refractivity contribution < 1.29 is 4.79 Å². The third kappa shape index (κ3) is 3.21. The third-order valence-electron chi connectivity index (χ3n) is 2.77. The quantitative estimate of drug-likeness (QED) is 0.686. The number of nitrogens with two attached hydrogens (primary N) is 1. The lowest BCUT2D eigenvalue weighted by Crippen LogP contribution is -2.52. The molecule has 6 nitrogen and oxygen atoms in total. The first-order chi connectivity index (χ1) is 8.27. The number of amides is 1. The number of hydrogen-bond donors (Lipinski definition) is 2. The van der Waals surface area contributed by atoms with Gasteiger partial charge in [0.2, 0.25) is 5.91 Å². The van der Waals surface area contributed by atoms with Gasteiger partial charge in [-0.2, -0.15) is 0 Å². The summed E-state index contributed by atoms with van der Waals surface area (Å²) in [5.74, 6) is 0.599. The summed E-state index contributed by atoms with van der Waals surface area (Å²) in [6, 6.07) is 1.20. The van der Waals surface area contributed by atoms with E-state index in [-0.39, 0.29) is 5.91 Å². The van der Waals surface area contributed by atoms with Crippen LogP contribution in [0.15, 0.2) is 18.5 Å². The highest BCUT2D eigenvalue weighted by Crippen LogP contribution is 2.00. The SMILES string of the molecule is NC(Cc1ncccn1)C(=O)N1CCNCC1. The molecule has 6 heteroatoms. The summed E-state index contributed by atoms with van der Waals surface area (Å²) in [6.45, 7) is 3.12. The van der Waals surface area contributed by atoms with E-state index in [1.807, 2.05) is 0 Å². The maximum Gasteiger partial charge on any atom is 0.240 e. The molecule has 1 unspecified atom stereocenters. The highest BCUT2D eigenvalue weighted by Gasteiger charge is 2.23. The highest BCUT2D eigenvalue weighted by molar-refractivity contribution is 5.82. The Kier molecular flexibility index (Phi) is 4.00. The molecule has 2 heterocycles. The summed E-state index contributed by atoms with van der Waals surface area (Å²) < 4.78 is 0. The Morgan fingerprint density at radius 1 is 1.41 bits per heavy atom. The van der Waals surface area contributed by atoms with E-state index >= 15 is 0 Å². The summed E-state index contributed by atoms with van der Waals surface area (Å²) >= 11 is 0. The van der Waals surface area contributed by atoms with Gasteiger partial charge in [-0.3, -0.25) is 4.79 Å². The summed E-state index contributed by atoms with van der Waals surface area (Å²) in [4.78, 5) is 22.0. The maximum atomic E-state index is 12.0. The minimum absolute atomic E-state index is 0.0149. The van der Waals surface area contributed by atoms with Crippen molar-refractivity contribution in [3.63, 3.8) is 0 Å². The molecule has 0 aromatic carbocycles. The lowest BCUT2D eigenvalue weighted by Gasteiger charge is -2.29. The van der Waals surface area contributed by atoms with Crippen LogP contribution in [0.25, 0.3) is 0 Å². The van der Waals surface area contributed by atoms with Gasteiger partial charge in [-0.1, -0.05) is 0 Å². The van der Waals surface area contributed by atoms with Crippen LogP contribution in [0.2, 0.25) is 0 Å². The standard InChI is InChI=1S/C11H17N5O/c12-9(8-10-14-2-1-3-15-10)11(17)16-6-4-13-5-7-16/h1-3,9,13H,4-8,12H2. The number of piperazine rings is 1. The van der Waals surface area contributed by atoms with Crippen LogP contribution in [0, 0.1) is 0 Å². The van der Waals surface area contributed by atoms with Crippen molar-refractivity contribution in [1.82, 2.24) is 20.2 Å². The smallest absolute Gasteiger partial charge is 0.240 e. The van der Waals surface area contributed by atoms with Gasteiger partial charge in [0, 0.05) is 45.0 Å². The molecule has 92 valence electrons. The fraction of sp³-hybridized carbons (Fsp3) is 0.545. The van der Waals surface area contributed by atoms with Crippen LogP contribution in [0.3, 0.4) is 0 Å². The lowest BCUT2D eigenvalue weighted by molar-refractivity contribution is -0.133. The summed E-state index contributed by atoms with van der Waals surface area (Å²) in [6.07, 6.45) is 3.71. The number of nitrogens with zero attached hydrogens (tertiary/aromatic N) is 3. The number of hydrogen-bond acceptors (Lipinski definition) is 5. The normalized spacial score (nSPS) is 17.8. The van der Waals surface area contributed by atoms with Crippen molar-refractivity contribution in [2.24, 2.45) is 5.73 Å². The van der Waals surface area contributed by atoms with Crippen LogP contribution in [-0.4, -0.2) is 53.0 Å². The molecule has 0 aliphatic carbocycles. The molecular formula is C11H17N5O. The monoisotopic (exact) mass is 235 g/mol. The number of carbonyl (C=O) groups is 1. The van der Waals surface area contributed by atoms with Crippen LogP contribution >= 0.6 is 0 Å². The van der Waals surface area contributed by atoms with Crippen molar-refractivity contribution in [3.05, 3.63) is 24.3 Å². The molecule has 1 amide bonds. The number of nitrogens with one attached hydrogen (secondary N) is 1. The zero-order chi connectivity index (χ0) is 12.1. The highest BCUT2D eigenvalue weighted by atomic mass is 16.2. The van der Waals surface area contributed by atoms with Gasteiger partial charge in [-0.25, -0.2) is 9.97 Å². The second kappa shape index (κ2) is 5.70. The van der Waals surface area contributed by atoms with Crippen molar-refractivity contribution >= 4 is 5.91 Å². The Labute approximate surface area is 100 Å². The Hall–Kier alpha value is -1.53. The van der Waals surface area contributed by atoms with Crippen LogP contribution < -0.4 is 11.1 Å². The zero-order valence-electron chi connectivity index (χ0n) is 9.67. The van der Waals surface area contributed by atoms with E-state index in [4.69, 9.17) is 5.73 Å². The molecular weight excluding hydrogens is 218 g/mol. The molecule has 1 aromatic rings. The third-order valence-corrected chi connectivity index (χ3v) is 2.77. The van der Waals surface area contributed by atoms with Gasteiger partial charge in [-0.05, 0) is 6.07 Å². The topological polar surface area (TPSA) is 84.1 Å². The predicted octanol–water partition coefficient (Wildman–Crippen LogP) is -1.22. The van der Waals surface area contributed by atoms with Gasteiger partial charge < -0.3 is 16.0 Å². The largest absolute Gasteiger partial charge is 0.339 e. The molecule has 2 rings (SSSR count). The van der Waals surface area contributed by atoms with Gasteiger partial charge in [0.15, 0.2) is 0 Å². The predicted molar refractivity (Wildman–Crippen MR) is 63.2 cm³/mol. The van der Waals surface area contributed by atoms with Gasteiger partial charge >= 0.3 is 0 Å². The lowest BCUT2D eigenvalue weighted by atomic mass is 10.1. The van der Waals surface area contributed by atoms with Crippen molar-refractivity contribution in [3.8, 4) is 0 Å². The molecule has 0 bridgehead atoms. The molecule has 1 aliphatic rings. The first-order valence-electron chi connectivity index (χ1n) is 5.78. The molecule has 0 radical (unpaired) electrons. The molecule has 1 saturated heterocycles. The summed E-state index contributed by atoms with van der Waals surface area (Å²) in [5.41, 5.74) is 5.89. The molecule has 1 atom stereocenters. The van der Waals surface area contributed by atoms with Crippen LogP contribution in [0.5, 0.6) is 0 Å². The molecule has 1 fully saturated rings. The van der Waals surface area contributed by atoms with E-state index in [0.717, 1.165) is 26.2 Å². The average Bonchev–Trinajstić information content (AvgIpc) is 2.40. The van der Waals surface area contributed by atoms with Gasteiger partial charge in [-0.15, -0.1) is 0 Å². The number of aromatic nitrogens is 2. The molecule has 17 heavy (non-hydrogen) atoms. The summed E-state index contributed by atoms with van der Waals surface area (Å²) in [7, 11) is 0. The fourth-order valence-electron chi connectivity index (χ4n) is 1.84. The summed E-state index contributed by atoms with van der Waals surface area (Å²) in [5, 5.41) is 3.20. The van der Waals surface area contributed by atoms with Crippen LogP contribution in [0.1, 0.15) is 5.82 Å². The van der Waals surface area contributed by atoms with Crippen molar-refractivity contribution in [1.29, 1.82) is 0 Å². The zero-order valence-corrected chi connectivity index (χ0v) is 9.67. The van der Waals surface area contributed by atoms with Crippen LogP contribution in [0.4, 0.5) is 0 Å². The van der Waals surface area contributed by atoms with Gasteiger partial charge in [0.1, 0.15) is 5.82 Å². The van der Waals surface area contributed by atoms with Gasteiger partial charge in [0.25, 0.3) is 0 Å². The minimum Gasteiger partial charge on any atom is -0.339 e. The molecule has 1 aliphatic heterocycles. The van der Waals surface area contributed by atoms with Crippen LogP contribution in [-0.2, 0) is 11.2 Å². The average molecular weight is 235 g/mol. The Balaban J connectivity index is 1.90. The maximum absolute atomic E-state index is 12.0. The first-order valence-corrected chi connectivity index (χ1v) is 5.78. The second-order valence-electron chi connectivity index (χ2n) is 4.05. The van der Waals surface area contributed by atoms with E-state index in [1.54, 1.807) is 23.4 Å². The molecule has 0 saturated carbocycles. The number of carbonyl (C=O) groups excluding carboxylic acids is 1. The fourth-order valence-corrected chi connectivity index (χ4v) is 1.84. The molecule has 0 spiro atoms. The second-order valence-corrected chi connectivity index (χ2v) is 4.05. The van der Waals surface area contributed by atoms with E-state index in [1.165, 1.54) is 0 Å². The van der Waals surface area contributed by atoms with Crippen molar-refractivity contribution in [2.45, 2.75) is 12.5 Å². The Morgan fingerprint density at radius 3 is 2.71 bits per heavy atom. The van der Waals surface area contributed by atoms with E-state index in [0.29, 0.717) is 12.2 Å². The minimum atomic E-state index is -0.546. The first kappa shape index (κ1) is 11.9. The molecule has 1 aromatic heterocycles.